The molecule has 3 rings (SSSR count). The van der Waals surface area contributed by atoms with Crippen molar-refractivity contribution in [1.29, 1.82) is 5.26 Å². The Kier molecular flexibility index (Phi) is 5.98. The van der Waals surface area contributed by atoms with Crippen molar-refractivity contribution < 1.29 is 16.8 Å². The molecule has 0 aliphatic carbocycles. The Morgan fingerprint density at radius 1 is 0.897 bits per heavy atom. The predicted octanol–water partition coefficient (Wildman–Crippen LogP) is 3.31. The molecular weight excluding hydrogens is 410 g/mol. The Hall–Kier alpha value is -2.41. The summed E-state index contributed by atoms with van der Waals surface area (Å²) in [6.07, 6.45) is 2.66. The van der Waals surface area contributed by atoms with Gasteiger partial charge in [-0.2, -0.15) is 9.57 Å². The lowest BCUT2D eigenvalue weighted by atomic mass is 10.0. The van der Waals surface area contributed by atoms with Gasteiger partial charge in [-0.05, 0) is 75.2 Å². The van der Waals surface area contributed by atoms with Crippen LogP contribution < -0.4 is 4.72 Å². The molecule has 0 amide bonds. The molecule has 2 atom stereocenters. The fourth-order valence-corrected chi connectivity index (χ4v) is 6.55. The SMILES string of the molecule is CC1CCCC(C)N1S(=O)(=O)c1ccc(NS(=O)(=O)c2ccc(C#N)cc2)cc1. The number of benzene rings is 2. The van der Waals surface area contributed by atoms with Crippen LogP contribution in [-0.4, -0.2) is 33.2 Å². The van der Waals surface area contributed by atoms with Crippen molar-refractivity contribution in [2.75, 3.05) is 4.72 Å². The van der Waals surface area contributed by atoms with Crippen molar-refractivity contribution in [2.45, 2.75) is 55.0 Å². The smallest absolute Gasteiger partial charge is 0.261 e. The zero-order chi connectivity index (χ0) is 21.2. The van der Waals surface area contributed by atoms with Crippen LogP contribution in [0.4, 0.5) is 5.69 Å². The van der Waals surface area contributed by atoms with Gasteiger partial charge in [0, 0.05) is 17.8 Å². The third-order valence-electron chi connectivity index (χ3n) is 5.09. The first-order valence-electron chi connectivity index (χ1n) is 9.32. The highest BCUT2D eigenvalue weighted by Crippen LogP contribution is 2.30. The highest BCUT2D eigenvalue weighted by molar-refractivity contribution is 7.92. The highest BCUT2D eigenvalue weighted by atomic mass is 32.2. The third-order valence-corrected chi connectivity index (χ3v) is 8.63. The van der Waals surface area contributed by atoms with E-state index in [4.69, 9.17) is 5.26 Å². The zero-order valence-corrected chi connectivity index (χ0v) is 17.9. The van der Waals surface area contributed by atoms with Crippen LogP contribution in [0.15, 0.2) is 58.3 Å². The van der Waals surface area contributed by atoms with Gasteiger partial charge in [-0.15, -0.1) is 0 Å². The monoisotopic (exact) mass is 433 g/mol. The van der Waals surface area contributed by atoms with Gasteiger partial charge in [-0.3, -0.25) is 4.72 Å². The minimum atomic E-state index is -3.84. The largest absolute Gasteiger partial charge is 0.280 e. The molecule has 154 valence electrons. The van der Waals surface area contributed by atoms with Crippen LogP contribution in [0.25, 0.3) is 0 Å². The van der Waals surface area contributed by atoms with E-state index in [-0.39, 0.29) is 27.6 Å². The van der Waals surface area contributed by atoms with Gasteiger partial charge in [0.1, 0.15) is 0 Å². The van der Waals surface area contributed by atoms with Crippen LogP contribution in [0.5, 0.6) is 0 Å². The van der Waals surface area contributed by atoms with Gasteiger partial charge in [0.05, 0.1) is 21.4 Å². The molecule has 1 aliphatic rings. The molecule has 0 saturated carbocycles. The maximum absolute atomic E-state index is 13.0. The number of anilines is 1. The lowest BCUT2D eigenvalue weighted by Gasteiger charge is -2.37. The number of sulfonamides is 2. The van der Waals surface area contributed by atoms with Crippen LogP contribution in [-0.2, 0) is 20.0 Å². The normalized spacial score (nSPS) is 20.7. The van der Waals surface area contributed by atoms with Gasteiger partial charge in [0.15, 0.2) is 0 Å². The fourth-order valence-electron chi connectivity index (χ4n) is 3.61. The number of hydrogen-bond donors (Lipinski definition) is 1. The Labute approximate surface area is 172 Å². The van der Waals surface area contributed by atoms with E-state index in [2.05, 4.69) is 4.72 Å². The van der Waals surface area contributed by atoms with E-state index in [1.807, 2.05) is 19.9 Å². The third kappa shape index (κ3) is 4.45. The van der Waals surface area contributed by atoms with Crippen molar-refractivity contribution in [3.8, 4) is 6.07 Å². The fraction of sp³-hybridized carbons (Fsp3) is 0.350. The molecule has 29 heavy (non-hydrogen) atoms. The second-order valence-corrected chi connectivity index (χ2v) is 10.8. The lowest BCUT2D eigenvalue weighted by molar-refractivity contribution is 0.204. The van der Waals surface area contributed by atoms with Crippen LogP contribution in [0.1, 0.15) is 38.7 Å². The minimum absolute atomic E-state index is 0.0177. The number of nitrogens with one attached hydrogen (secondary N) is 1. The molecule has 0 aromatic heterocycles. The van der Waals surface area contributed by atoms with E-state index in [1.54, 1.807) is 4.31 Å². The molecule has 2 aromatic carbocycles. The van der Waals surface area contributed by atoms with E-state index in [1.165, 1.54) is 48.5 Å². The first-order valence-corrected chi connectivity index (χ1v) is 12.2. The lowest BCUT2D eigenvalue weighted by Crippen LogP contribution is -2.47. The average Bonchev–Trinajstić information content (AvgIpc) is 2.68. The highest BCUT2D eigenvalue weighted by Gasteiger charge is 2.35. The summed E-state index contributed by atoms with van der Waals surface area (Å²) in [4.78, 5) is 0.156. The summed E-state index contributed by atoms with van der Waals surface area (Å²) in [5.74, 6) is 0. The molecule has 1 N–H and O–H groups in total. The zero-order valence-electron chi connectivity index (χ0n) is 16.2. The van der Waals surface area contributed by atoms with Crippen molar-refractivity contribution in [2.24, 2.45) is 0 Å². The number of hydrogen-bond acceptors (Lipinski definition) is 5. The molecule has 9 heteroatoms. The molecule has 0 spiro atoms. The second-order valence-electron chi connectivity index (χ2n) is 7.23. The van der Waals surface area contributed by atoms with Crippen LogP contribution in [0, 0.1) is 11.3 Å². The first kappa shape index (κ1) is 21.3. The Bertz CT molecular complexity index is 1110. The molecule has 0 radical (unpaired) electrons. The van der Waals surface area contributed by atoms with Gasteiger partial charge >= 0.3 is 0 Å². The minimum Gasteiger partial charge on any atom is -0.280 e. The summed E-state index contributed by atoms with van der Waals surface area (Å²) in [6, 6.07) is 13.0. The Morgan fingerprint density at radius 2 is 1.41 bits per heavy atom. The standard InChI is InChI=1S/C20H23N3O4S2/c1-15-4-3-5-16(2)23(15)29(26,27)20-12-8-18(9-13-20)22-28(24,25)19-10-6-17(14-21)7-11-19/h6-13,15-16,22H,3-5H2,1-2H3. The van der Waals surface area contributed by atoms with Crippen LogP contribution >= 0.6 is 0 Å². The summed E-state index contributed by atoms with van der Waals surface area (Å²) in [7, 11) is -7.50. The summed E-state index contributed by atoms with van der Waals surface area (Å²) in [5.41, 5.74) is 0.618. The number of rotatable bonds is 5. The van der Waals surface area contributed by atoms with Crippen molar-refractivity contribution in [3.63, 3.8) is 0 Å². The molecular formula is C20H23N3O4S2. The summed E-state index contributed by atoms with van der Waals surface area (Å²) in [6.45, 7) is 3.82. The van der Waals surface area contributed by atoms with Gasteiger partial charge in [-0.25, -0.2) is 16.8 Å². The molecule has 2 unspecified atom stereocenters. The van der Waals surface area contributed by atoms with E-state index >= 15 is 0 Å². The van der Waals surface area contributed by atoms with Gasteiger partial charge in [-0.1, -0.05) is 6.42 Å². The summed E-state index contributed by atoms with van der Waals surface area (Å²) in [5, 5.41) is 8.82. The number of nitrogens with zero attached hydrogens (tertiary/aromatic N) is 2. The predicted molar refractivity (Wildman–Crippen MR) is 110 cm³/mol. The summed E-state index contributed by atoms with van der Waals surface area (Å²) >= 11 is 0. The van der Waals surface area contributed by atoms with Crippen LogP contribution in [0.2, 0.25) is 0 Å². The molecule has 1 aliphatic heterocycles. The molecule has 1 heterocycles. The van der Waals surface area contributed by atoms with Crippen molar-refractivity contribution in [1.82, 2.24) is 4.31 Å². The van der Waals surface area contributed by atoms with Crippen LogP contribution in [0.3, 0.4) is 0 Å². The van der Waals surface area contributed by atoms with E-state index in [9.17, 15) is 16.8 Å². The first-order chi connectivity index (χ1) is 13.6. The molecule has 1 saturated heterocycles. The van der Waals surface area contributed by atoms with Gasteiger partial charge in [0.25, 0.3) is 10.0 Å². The van der Waals surface area contributed by atoms with E-state index in [0.717, 1.165) is 19.3 Å². The molecule has 7 nitrogen and oxygen atoms in total. The maximum Gasteiger partial charge on any atom is 0.261 e. The topological polar surface area (TPSA) is 107 Å². The molecule has 2 aromatic rings. The van der Waals surface area contributed by atoms with E-state index < -0.39 is 20.0 Å². The van der Waals surface area contributed by atoms with Crippen molar-refractivity contribution >= 4 is 25.7 Å². The quantitative estimate of drug-likeness (QED) is 0.778. The van der Waals surface area contributed by atoms with Crippen molar-refractivity contribution in [3.05, 3.63) is 54.1 Å². The van der Waals surface area contributed by atoms with E-state index in [0.29, 0.717) is 5.56 Å². The average molecular weight is 434 g/mol. The van der Waals surface area contributed by atoms with Gasteiger partial charge < -0.3 is 0 Å². The maximum atomic E-state index is 13.0. The molecule has 1 fully saturated rings. The number of nitriles is 1. The number of piperidine rings is 1. The molecule has 0 bridgehead atoms. The van der Waals surface area contributed by atoms with Gasteiger partial charge in [0.2, 0.25) is 10.0 Å². The summed E-state index contributed by atoms with van der Waals surface area (Å²) < 4.78 is 55.1. The second kappa shape index (κ2) is 8.14. The Morgan fingerprint density at radius 3 is 1.93 bits per heavy atom. The Balaban J connectivity index is 1.81.